The van der Waals surface area contributed by atoms with Gasteiger partial charge in [0.2, 0.25) is 0 Å². The van der Waals surface area contributed by atoms with Gasteiger partial charge >= 0.3 is 0 Å². The fourth-order valence-corrected chi connectivity index (χ4v) is 0.937. The summed E-state index contributed by atoms with van der Waals surface area (Å²) in [5.74, 6) is 0. The molecule has 0 saturated carbocycles. The Morgan fingerprint density at radius 1 is 1.70 bits per heavy atom. The minimum Gasteiger partial charge on any atom is -0.384 e. The van der Waals surface area contributed by atoms with E-state index >= 15 is 0 Å². The lowest BCUT2D eigenvalue weighted by Gasteiger charge is -2.02. The van der Waals surface area contributed by atoms with E-state index in [1.54, 1.807) is 6.07 Å². The maximum Gasteiger partial charge on any atom is 0.0643 e. The zero-order chi connectivity index (χ0) is 7.40. The van der Waals surface area contributed by atoms with Crippen LogP contribution in [0, 0.1) is 6.07 Å². The van der Waals surface area contributed by atoms with Gasteiger partial charge < -0.3 is 5.32 Å². The SMILES string of the molecule is CCNc1cc[c]cc1Cl. The molecule has 0 heterocycles. The fraction of sp³-hybridized carbons (Fsp3) is 0.250. The van der Waals surface area contributed by atoms with Crippen molar-refractivity contribution in [3.63, 3.8) is 0 Å². The second-order valence-corrected chi connectivity index (χ2v) is 2.34. The van der Waals surface area contributed by atoms with E-state index in [1.165, 1.54) is 0 Å². The van der Waals surface area contributed by atoms with Gasteiger partial charge in [-0.1, -0.05) is 17.7 Å². The van der Waals surface area contributed by atoms with E-state index in [2.05, 4.69) is 11.4 Å². The lowest BCUT2D eigenvalue weighted by Crippen LogP contribution is -1.96. The van der Waals surface area contributed by atoms with Crippen molar-refractivity contribution < 1.29 is 0 Å². The van der Waals surface area contributed by atoms with Crippen molar-refractivity contribution in [3.8, 4) is 0 Å². The molecule has 0 aliphatic carbocycles. The number of halogens is 1. The smallest absolute Gasteiger partial charge is 0.0643 e. The Morgan fingerprint density at radius 3 is 3.10 bits per heavy atom. The Bertz CT molecular complexity index is 210. The van der Waals surface area contributed by atoms with Gasteiger partial charge in [0, 0.05) is 6.54 Å². The number of hydrogen-bond acceptors (Lipinski definition) is 1. The standard InChI is InChI=1S/C8H9ClN/c1-2-10-8-6-4-3-5-7(8)9/h4-6,10H,2H2,1H3. The van der Waals surface area contributed by atoms with Crippen molar-refractivity contribution in [1.82, 2.24) is 0 Å². The fourth-order valence-electron chi connectivity index (χ4n) is 0.744. The normalized spacial score (nSPS) is 9.40. The lowest BCUT2D eigenvalue weighted by atomic mass is 10.3. The molecule has 0 aliphatic heterocycles. The van der Waals surface area contributed by atoms with Crippen LogP contribution in [-0.4, -0.2) is 6.54 Å². The Hall–Kier alpha value is -0.690. The van der Waals surface area contributed by atoms with Crippen LogP contribution < -0.4 is 5.32 Å². The molecule has 1 aromatic carbocycles. The molecule has 0 amide bonds. The van der Waals surface area contributed by atoms with Gasteiger partial charge in [-0.05, 0) is 25.1 Å². The third kappa shape index (κ3) is 1.64. The van der Waals surface area contributed by atoms with E-state index in [-0.39, 0.29) is 0 Å². The Morgan fingerprint density at radius 2 is 2.50 bits per heavy atom. The van der Waals surface area contributed by atoms with Gasteiger partial charge in [-0.2, -0.15) is 0 Å². The van der Waals surface area contributed by atoms with Crippen molar-refractivity contribution in [3.05, 3.63) is 29.3 Å². The number of benzene rings is 1. The van der Waals surface area contributed by atoms with E-state index in [4.69, 9.17) is 11.6 Å². The molecule has 0 aromatic heterocycles. The van der Waals surface area contributed by atoms with Crippen molar-refractivity contribution in [1.29, 1.82) is 0 Å². The Kier molecular flexibility index (Phi) is 2.57. The molecule has 0 atom stereocenters. The maximum absolute atomic E-state index is 5.81. The molecule has 0 bridgehead atoms. The Labute approximate surface area is 66.0 Å². The van der Waals surface area contributed by atoms with Gasteiger partial charge in [-0.3, -0.25) is 0 Å². The van der Waals surface area contributed by atoms with E-state index < -0.39 is 0 Å². The predicted molar refractivity (Wildman–Crippen MR) is 44.5 cm³/mol. The molecule has 1 nitrogen and oxygen atoms in total. The van der Waals surface area contributed by atoms with Gasteiger partial charge in [-0.25, -0.2) is 0 Å². The van der Waals surface area contributed by atoms with Crippen LogP contribution >= 0.6 is 11.6 Å². The third-order valence-electron chi connectivity index (χ3n) is 1.18. The van der Waals surface area contributed by atoms with Gasteiger partial charge in [-0.15, -0.1) is 0 Å². The van der Waals surface area contributed by atoms with Gasteiger partial charge in [0.1, 0.15) is 0 Å². The minimum absolute atomic E-state index is 0.726. The number of nitrogens with one attached hydrogen (secondary N) is 1. The summed E-state index contributed by atoms with van der Waals surface area (Å²) in [6.07, 6.45) is 0. The summed E-state index contributed by atoms with van der Waals surface area (Å²) in [5.41, 5.74) is 0.975. The number of anilines is 1. The van der Waals surface area contributed by atoms with Gasteiger partial charge in [0.05, 0.1) is 10.7 Å². The summed E-state index contributed by atoms with van der Waals surface area (Å²) in [4.78, 5) is 0. The topological polar surface area (TPSA) is 12.0 Å². The molecule has 1 aromatic rings. The zero-order valence-corrected chi connectivity index (χ0v) is 6.57. The highest BCUT2D eigenvalue weighted by Crippen LogP contribution is 2.19. The quantitative estimate of drug-likeness (QED) is 0.691. The van der Waals surface area contributed by atoms with Crippen LogP contribution in [0.5, 0.6) is 0 Å². The average Bonchev–Trinajstić information content (AvgIpc) is 1.94. The lowest BCUT2D eigenvalue weighted by molar-refractivity contribution is 1.21. The van der Waals surface area contributed by atoms with Crippen molar-refractivity contribution in [2.24, 2.45) is 0 Å². The summed E-state index contributed by atoms with van der Waals surface area (Å²) < 4.78 is 0. The van der Waals surface area contributed by atoms with Gasteiger partial charge in [0.15, 0.2) is 0 Å². The molecule has 2 heteroatoms. The summed E-state index contributed by atoms with van der Waals surface area (Å²) in [7, 11) is 0. The van der Waals surface area contributed by atoms with Crippen LogP contribution in [0.2, 0.25) is 5.02 Å². The molecule has 0 spiro atoms. The van der Waals surface area contributed by atoms with Crippen LogP contribution in [0.1, 0.15) is 6.92 Å². The molecule has 1 N–H and O–H groups in total. The molecule has 0 aliphatic rings. The molecule has 0 saturated heterocycles. The zero-order valence-electron chi connectivity index (χ0n) is 5.82. The van der Waals surface area contributed by atoms with Crippen LogP contribution in [0.15, 0.2) is 18.2 Å². The first-order valence-electron chi connectivity index (χ1n) is 3.24. The largest absolute Gasteiger partial charge is 0.384 e. The van der Waals surface area contributed by atoms with E-state index in [9.17, 15) is 0 Å². The van der Waals surface area contributed by atoms with Crippen molar-refractivity contribution >= 4 is 17.3 Å². The van der Waals surface area contributed by atoms with E-state index in [0.717, 1.165) is 17.3 Å². The first kappa shape index (κ1) is 7.42. The summed E-state index contributed by atoms with van der Waals surface area (Å²) in [6, 6.07) is 8.38. The summed E-state index contributed by atoms with van der Waals surface area (Å²) in [5, 5.41) is 3.85. The van der Waals surface area contributed by atoms with E-state index in [0.29, 0.717) is 0 Å². The highest BCUT2D eigenvalue weighted by atomic mass is 35.5. The summed E-state index contributed by atoms with van der Waals surface area (Å²) >= 11 is 5.81. The monoisotopic (exact) mass is 154 g/mol. The van der Waals surface area contributed by atoms with Crippen LogP contribution in [0.25, 0.3) is 0 Å². The maximum atomic E-state index is 5.81. The van der Waals surface area contributed by atoms with Crippen molar-refractivity contribution in [2.45, 2.75) is 6.92 Å². The molecule has 53 valence electrons. The predicted octanol–water partition coefficient (Wildman–Crippen LogP) is 2.57. The average molecular weight is 155 g/mol. The Balaban J connectivity index is 2.81. The van der Waals surface area contributed by atoms with E-state index in [1.807, 2.05) is 19.1 Å². The third-order valence-corrected chi connectivity index (χ3v) is 1.49. The first-order valence-corrected chi connectivity index (χ1v) is 3.62. The summed E-state index contributed by atoms with van der Waals surface area (Å²) in [6.45, 7) is 2.93. The molecule has 0 unspecified atom stereocenters. The second-order valence-electron chi connectivity index (χ2n) is 1.94. The molecular formula is C8H9ClN. The van der Waals surface area contributed by atoms with Crippen LogP contribution in [-0.2, 0) is 0 Å². The molecule has 10 heavy (non-hydrogen) atoms. The number of hydrogen-bond donors (Lipinski definition) is 1. The highest BCUT2D eigenvalue weighted by molar-refractivity contribution is 6.33. The highest BCUT2D eigenvalue weighted by Gasteiger charge is 1.93. The van der Waals surface area contributed by atoms with Crippen molar-refractivity contribution in [2.75, 3.05) is 11.9 Å². The molecule has 1 radical (unpaired) electrons. The molecule has 0 fully saturated rings. The first-order chi connectivity index (χ1) is 4.84. The number of rotatable bonds is 2. The molecular weight excluding hydrogens is 146 g/mol. The van der Waals surface area contributed by atoms with Crippen LogP contribution in [0.4, 0.5) is 5.69 Å². The van der Waals surface area contributed by atoms with Gasteiger partial charge in [0.25, 0.3) is 0 Å². The molecule has 1 rings (SSSR count). The van der Waals surface area contributed by atoms with Crippen LogP contribution in [0.3, 0.4) is 0 Å². The minimum atomic E-state index is 0.726. The second kappa shape index (κ2) is 3.47.